The van der Waals surface area contributed by atoms with Crippen molar-refractivity contribution in [2.24, 2.45) is 5.92 Å². The molecular formula is C14H24O. The van der Waals surface area contributed by atoms with E-state index in [9.17, 15) is 4.79 Å². The lowest BCUT2D eigenvalue weighted by molar-refractivity contribution is -0.121. The molecule has 0 fully saturated rings. The molecule has 0 radical (unpaired) electrons. The maximum absolute atomic E-state index is 11.3. The third-order valence-electron chi connectivity index (χ3n) is 2.27. The highest BCUT2D eigenvalue weighted by Gasteiger charge is 2.04. The number of rotatable bonds is 8. The van der Waals surface area contributed by atoms with Crippen LogP contribution in [0.4, 0.5) is 0 Å². The van der Waals surface area contributed by atoms with E-state index in [2.05, 4.69) is 31.2 Å². The largest absolute Gasteiger partial charge is 0.299 e. The Kier molecular flexibility index (Phi) is 9.15. The summed E-state index contributed by atoms with van der Waals surface area (Å²) in [4.78, 5) is 11.3. The van der Waals surface area contributed by atoms with Crippen LogP contribution in [-0.2, 0) is 4.79 Å². The number of unbranched alkanes of at least 4 members (excludes halogenated alkanes) is 1. The van der Waals surface area contributed by atoms with Gasteiger partial charge in [-0.1, -0.05) is 45.1 Å². The second-order valence-corrected chi connectivity index (χ2v) is 4.09. The molecule has 1 heteroatoms. The van der Waals surface area contributed by atoms with Gasteiger partial charge in [0.2, 0.25) is 0 Å². The van der Waals surface area contributed by atoms with Crippen LogP contribution in [0.5, 0.6) is 0 Å². The predicted octanol–water partition coefficient (Wildman–Crippen LogP) is 4.29. The number of carbonyl (C=O) groups excluding carboxylic acids is 1. The molecule has 0 rings (SSSR count). The van der Waals surface area contributed by atoms with Crippen molar-refractivity contribution in [1.29, 1.82) is 0 Å². The lowest BCUT2D eigenvalue weighted by Gasteiger charge is -2.00. The molecule has 0 aliphatic carbocycles. The van der Waals surface area contributed by atoms with Crippen LogP contribution in [0.15, 0.2) is 24.3 Å². The molecule has 0 aromatic heterocycles. The van der Waals surface area contributed by atoms with E-state index in [0.29, 0.717) is 12.2 Å². The second kappa shape index (κ2) is 9.70. The van der Waals surface area contributed by atoms with Crippen molar-refractivity contribution in [2.75, 3.05) is 0 Å². The average Bonchev–Trinajstić information content (AvgIpc) is 2.21. The Morgan fingerprint density at radius 3 is 2.07 bits per heavy atom. The number of Topliss-reactive ketones (excluding diaryl/α,β-unsaturated/α-hetero) is 1. The quantitative estimate of drug-likeness (QED) is 0.429. The lowest BCUT2D eigenvalue weighted by Crippen LogP contribution is -2.05. The highest BCUT2D eigenvalue weighted by atomic mass is 16.1. The summed E-state index contributed by atoms with van der Waals surface area (Å²) >= 11 is 0. The topological polar surface area (TPSA) is 17.1 Å². The summed E-state index contributed by atoms with van der Waals surface area (Å²) in [6.45, 7) is 6.06. The molecule has 0 atom stereocenters. The van der Waals surface area contributed by atoms with Crippen LogP contribution in [0.1, 0.15) is 52.9 Å². The van der Waals surface area contributed by atoms with Gasteiger partial charge >= 0.3 is 0 Å². The third-order valence-corrected chi connectivity index (χ3v) is 2.27. The number of carbonyl (C=O) groups is 1. The molecule has 0 bridgehead atoms. The van der Waals surface area contributed by atoms with Gasteiger partial charge in [-0.15, -0.1) is 0 Å². The summed E-state index contributed by atoms with van der Waals surface area (Å²) in [7, 11) is 0. The molecule has 0 saturated heterocycles. The van der Waals surface area contributed by atoms with Gasteiger partial charge in [-0.3, -0.25) is 4.79 Å². The number of ketones is 1. The Bertz CT molecular complexity index is 211. The maximum Gasteiger partial charge on any atom is 0.135 e. The molecule has 86 valence electrons. The second-order valence-electron chi connectivity index (χ2n) is 4.09. The minimum atomic E-state index is 0.186. The van der Waals surface area contributed by atoms with Crippen molar-refractivity contribution in [1.82, 2.24) is 0 Å². The zero-order valence-corrected chi connectivity index (χ0v) is 10.3. The fraction of sp³-hybridized carbons (Fsp3) is 0.643. The Morgan fingerprint density at radius 1 is 1.00 bits per heavy atom. The average molecular weight is 208 g/mol. The Morgan fingerprint density at radius 2 is 1.53 bits per heavy atom. The molecule has 0 aromatic carbocycles. The van der Waals surface area contributed by atoms with Gasteiger partial charge < -0.3 is 0 Å². The predicted molar refractivity (Wildman–Crippen MR) is 66.9 cm³/mol. The molecule has 0 amide bonds. The van der Waals surface area contributed by atoms with Gasteiger partial charge in [0.25, 0.3) is 0 Å². The van der Waals surface area contributed by atoms with Crippen molar-refractivity contribution in [3.63, 3.8) is 0 Å². The first-order valence-corrected chi connectivity index (χ1v) is 6.01. The van der Waals surface area contributed by atoms with E-state index >= 15 is 0 Å². The molecular weight excluding hydrogens is 184 g/mol. The molecule has 0 N–H and O–H groups in total. The fourth-order valence-electron chi connectivity index (χ4n) is 1.23. The van der Waals surface area contributed by atoms with Crippen LogP contribution in [0, 0.1) is 5.92 Å². The first-order valence-electron chi connectivity index (χ1n) is 6.01. The summed E-state index contributed by atoms with van der Waals surface area (Å²) in [6.07, 6.45) is 13.6. The van der Waals surface area contributed by atoms with E-state index in [1.807, 2.05) is 13.8 Å². The van der Waals surface area contributed by atoms with E-state index in [1.165, 1.54) is 0 Å². The maximum atomic E-state index is 11.3. The molecule has 0 spiro atoms. The van der Waals surface area contributed by atoms with Crippen LogP contribution in [0.2, 0.25) is 0 Å². The molecule has 1 nitrogen and oxygen atoms in total. The number of allylic oxidation sites excluding steroid dienone is 4. The lowest BCUT2D eigenvalue weighted by atomic mass is 10.0. The Labute approximate surface area is 94.3 Å². The standard InChI is InChI=1S/C14H24O/c1-4-5-6-7-8-9-10-11-12-14(15)13(2)3/h5-6,9-10,13H,4,7-8,11-12H2,1-3H3. The zero-order chi connectivity index (χ0) is 11.5. The van der Waals surface area contributed by atoms with Crippen molar-refractivity contribution in [2.45, 2.75) is 52.9 Å². The summed E-state index contributed by atoms with van der Waals surface area (Å²) < 4.78 is 0. The monoisotopic (exact) mass is 208 g/mol. The van der Waals surface area contributed by atoms with Gasteiger partial charge in [0.15, 0.2) is 0 Å². The molecule has 0 saturated carbocycles. The van der Waals surface area contributed by atoms with Gasteiger partial charge in [0.1, 0.15) is 5.78 Å². The molecule has 0 aliphatic heterocycles. The minimum absolute atomic E-state index is 0.186. The van der Waals surface area contributed by atoms with Gasteiger partial charge in [-0.25, -0.2) is 0 Å². The van der Waals surface area contributed by atoms with Gasteiger partial charge in [0.05, 0.1) is 0 Å². The van der Waals surface area contributed by atoms with Crippen molar-refractivity contribution >= 4 is 5.78 Å². The van der Waals surface area contributed by atoms with E-state index in [4.69, 9.17) is 0 Å². The SMILES string of the molecule is CCC=CCCC=CCCC(=O)C(C)C. The van der Waals surface area contributed by atoms with E-state index < -0.39 is 0 Å². The Hall–Kier alpha value is -0.850. The van der Waals surface area contributed by atoms with Crippen LogP contribution in [-0.4, -0.2) is 5.78 Å². The van der Waals surface area contributed by atoms with Crippen LogP contribution in [0.3, 0.4) is 0 Å². The van der Waals surface area contributed by atoms with Gasteiger partial charge in [-0.05, 0) is 25.7 Å². The number of hydrogen-bond acceptors (Lipinski definition) is 1. The van der Waals surface area contributed by atoms with Crippen molar-refractivity contribution in [3.05, 3.63) is 24.3 Å². The van der Waals surface area contributed by atoms with E-state index in [0.717, 1.165) is 25.7 Å². The van der Waals surface area contributed by atoms with Gasteiger partial charge in [0, 0.05) is 12.3 Å². The Balaban J connectivity index is 3.39. The van der Waals surface area contributed by atoms with Crippen LogP contribution in [0.25, 0.3) is 0 Å². The fourth-order valence-corrected chi connectivity index (χ4v) is 1.23. The summed E-state index contributed by atoms with van der Waals surface area (Å²) in [5.41, 5.74) is 0. The van der Waals surface area contributed by atoms with Crippen molar-refractivity contribution < 1.29 is 4.79 Å². The zero-order valence-electron chi connectivity index (χ0n) is 10.3. The third kappa shape index (κ3) is 9.45. The van der Waals surface area contributed by atoms with Crippen molar-refractivity contribution in [3.8, 4) is 0 Å². The normalized spacial score (nSPS) is 12.0. The number of hydrogen-bond donors (Lipinski definition) is 0. The van der Waals surface area contributed by atoms with Gasteiger partial charge in [-0.2, -0.15) is 0 Å². The summed E-state index contributed by atoms with van der Waals surface area (Å²) in [5, 5.41) is 0. The molecule has 0 heterocycles. The van der Waals surface area contributed by atoms with Crippen LogP contribution < -0.4 is 0 Å². The van der Waals surface area contributed by atoms with Crippen LogP contribution >= 0.6 is 0 Å². The van der Waals surface area contributed by atoms with E-state index in [1.54, 1.807) is 0 Å². The molecule has 0 aromatic rings. The summed E-state index contributed by atoms with van der Waals surface area (Å²) in [6, 6.07) is 0. The molecule has 0 unspecified atom stereocenters. The molecule has 0 aliphatic rings. The highest BCUT2D eigenvalue weighted by Crippen LogP contribution is 2.03. The smallest absolute Gasteiger partial charge is 0.135 e. The summed E-state index contributed by atoms with van der Waals surface area (Å²) in [5.74, 6) is 0.552. The molecule has 15 heavy (non-hydrogen) atoms. The first-order chi connectivity index (χ1) is 7.18. The first kappa shape index (κ1) is 14.2. The van der Waals surface area contributed by atoms with E-state index in [-0.39, 0.29) is 5.92 Å². The highest BCUT2D eigenvalue weighted by molar-refractivity contribution is 5.80. The minimum Gasteiger partial charge on any atom is -0.299 e.